The topological polar surface area (TPSA) is 61.6 Å². The fourth-order valence-electron chi connectivity index (χ4n) is 2.08. The largest absolute Gasteiger partial charge is 0.382 e. The van der Waals surface area contributed by atoms with Crippen LogP contribution < -0.4 is 5.32 Å². The van der Waals surface area contributed by atoms with Crippen LogP contribution in [-0.4, -0.2) is 16.7 Å². The van der Waals surface area contributed by atoms with Gasteiger partial charge in [0.1, 0.15) is 6.07 Å². The van der Waals surface area contributed by atoms with Crippen molar-refractivity contribution in [3.63, 3.8) is 0 Å². The number of hydrogen-bond acceptors (Lipinski definition) is 4. The van der Waals surface area contributed by atoms with Crippen LogP contribution in [-0.2, 0) is 0 Å². The summed E-state index contributed by atoms with van der Waals surface area (Å²) in [7, 11) is 0. The van der Waals surface area contributed by atoms with Crippen LogP contribution in [0, 0.1) is 11.3 Å². The number of nitriles is 1. The molecule has 0 saturated heterocycles. The van der Waals surface area contributed by atoms with Gasteiger partial charge in [0.2, 0.25) is 0 Å². The van der Waals surface area contributed by atoms with Crippen LogP contribution in [0.3, 0.4) is 0 Å². The Balaban J connectivity index is 2.17. The minimum atomic E-state index is 0.370. The van der Waals surface area contributed by atoms with Gasteiger partial charge in [0, 0.05) is 11.9 Å². The van der Waals surface area contributed by atoms with Crippen molar-refractivity contribution in [3.8, 4) is 6.07 Å². The van der Waals surface area contributed by atoms with E-state index in [-0.39, 0.29) is 0 Å². The standard InChI is InChI=1S/C15H18N4/c1-2-3-4-7-10-17-15-12-8-5-6-9-13(12)18-19-14(15)11-16/h5-6,8-9H,2-4,7,10H2,1H3,(H,17,18). The average Bonchev–Trinajstić information content (AvgIpc) is 2.47. The van der Waals surface area contributed by atoms with Gasteiger partial charge in [-0.25, -0.2) is 0 Å². The molecule has 2 rings (SSSR count). The summed E-state index contributed by atoms with van der Waals surface area (Å²) in [5.41, 5.74) is 2.00. The first kappa shape index (κ1) is 13.3. The molecule has 0 bridgehead atoms. The lowest BCUT2D eigenvalue weighted by atomic mass is 10.1. The molecule has 19 heavy (non-hydrogen) atoms. The third-order valence-electron chi connectivity index (χ3n) is 3.11. The predicted octanol–water partition coefficient (Wildman–Crippen LogP) is 3.49. The molecule has 0 amide bonds. The van der Waals surface area contributed by atoms with E-state index in [1.165, 1.54) is 19.3 Å². The van der Waals surface area contributed by atoms with E-state index in [4.69, 9.17) is 5.26 Å². The monoisotopic (exact) mass is 254 g/mol. The van der Waals surface area contributed by atoms with E-state index in [9.17, 15) is 0 Å². The molecular weight excluding hydrogens is 236 g/mol. The summed E-state index contributed by atoms with van der Waals surface area (Å²) < 4.78 is 0. The molecular formula is C15H18N4. The van der Waals surface area contributed by atoms with Crippen LogP contribution in [0.25, 0.3) is 10.9 Å². The Labute approximate surface area is 113 Å². The number of rotatable bonds is 6. The van der Waals surface area contributed by atoms with E-state index in [0.29, 0.717) is 5.69 Å². The maximum absolute atomic E-state index is 9.13. The van der Waals surface area contributed by atoms with Crippen molar-refractivity contribution < 1.29 is 0 Å². The number of aromatic nitrogens is 2. The fourth-order valence-corrected chi connectivity index (χ4v) is 2.08. The lowest BCUT2D eigenvalue weighted by Gasteiger charge is -2.09. The first-order valence-corrected chi connectivity index (χ1v) is 6.76. The Morgan fingerprint density at radius 2 is 2.00 bits per heavy atom. The summed E-state index contributed by atoms with van der Waals surface area (Å²) >= 11 is 0. The molecule has 1 heterocycles. The van der Waals surface area contributed by atoms with Gasteiger partial charge in [0.25, 0.3) is 0 Å². The zero-order chi connectivity index (χ0) is 13.5. The number of benzene rings is 1. The van der Waals surface area contributed by atoms with Crippen LogP contribution in [0.2, 0.25) is 0 Å². The van der Waals surface area contributed by atoms with E-state index in [2.05, 4.69) is 28.5 Å². The third-order valence-corrected chi connectivity index (χ3v) is 3.11. The Kier molecular flexibility index (Phi) is 4.68. The van der Waals surface area contributed by atoms with Gasteiger partial charge in [0.05, 0.1) is 11.2 Å². The average molecular weight is 254 g/mol. The van der Waals surface area contributed by atoms with Crippen molar-refractivity contribution in [2.45, 2.75) is 32.6 Å². The number of hydrogen-bond donors (Lipinski definition) is 1. The van der Waals surface area contributed by atoms with Gasteiger partial charge in [-0.1, -0.05) is 44.4 Å². The van der Waals surface area contributed by atoms with Gasteiger partial charge in [-0.3, -0.25) is 0 Å². The normalized spacial score (nSPS) is 10.3. The lowest BCUT2D eigenvalue weighted by molar-refractivity contribution is 0.685. The van der Waals surface area contributed by atoms with E-state index < -0.39 is 0 Å². The molecule has 0 radical (unpaired) electrons. The van der Waals surface area contributed by atoms with Crippen LogP contribution in [0.1, 0.15) is 38.3 Å². The highest BCUT2D eigenvalue weighted by Gasteiger charge is 2.09. The zero-order valence-corrected chi connectivity index (χ0v) is 11.2. The molecule has 98 valence electrons. The highest BCUT2D eigenvalue weighted by molar-refractivity contribution is 5.92. The molecule has 0 fully saturated rings. The van der Waals surface area contributed by atoms with Crippen LogP contribution in [0.15, 0.2) is 24.3 Å². The molecule has 0 saturated carbocycles. The summed E-state index contributed by atoms with van der Waals surface area (Å²) in [5, 5.41) is 21.5. The molecule has 2 aromatic rings. The zero-order valence-electron chi connectivity index (χ0n) is 11.2. The fraction of sp³-hybridized carbons (Fsp3) is 0.400. The van der Waals surface area contributed by atoms with Gasteiger partial charge in [-0.2, -0.15) is 5.26 Å². The van der Waals surface area contributed by atoms with E-state index >= 15 is 0 Å². The maximum atomic E-state index is 9.13. The van der Waals surface area contributed by atoms with Crippen molar-refractivity contribution in [1.29, 1.82) is 5.26 Å². The Morgan fingerprint density at radius 3 is 2.79 bits per heavy atom. The molecule has 0 spiro atoms. The van der Waals surface area contributed by atoms with Crippen molar-refractivity contribution in [1.82, 2.24) is 10.2 Å². The summed E-state index contributed by atoms with van der Waals surface area (Å²) in [5.74, 6) is 0. The quantitative estimate of drug-likeness (QED) is 0.801. The first-order chi connectivity index (χ1) is 9.36. The van der Waals surface area contributed by atoms with Crippen molar-refractivity contribution in [2.24, 2.45) is 0 Å². The maximum Gasteiger partial charge on any atom is 0.186 e. The number of nitrogens with zero attached hydrogens (tertiary/aromatic N) is 3. The van der Waals surface area contributed by atoms with Gasteiger partial charge in [-0.15, -0.1) is 10.2 Å². The van der Waals surface area contributed by atoms with E-state index in [1.807, 2.05) is 24.3 Å². The second kappa shape index (κ2) is 6.69. The summed E-state index contributed by atoms with van der Waals surface area (Å²) in [4.78, 5) is 0. The van der Waals surface area contributed by atoms with Crippen LogP contribution in [0.5, 0.6) is 0 Å². The second-order valence-electron chi connectivity index (χ2n) is 4.54. The summed E-state index contributed by atoms with van der Waals surface area (Å²) in [6, 6.07) is 9.86. The van der Waals surface area contributed by atoms with Crippen molar-refractivity contribution in [2.75, 3.05) is 11.9 Å². The smallest absolute Gasteiger partial charge is 0.186 e. The number of nitrogens with one attached hydrogen (secondary N) is 1. The van der Waals surface area contributed by atoms with Crippen molar-refractivity contribution in [3.05, 3.63) is 30.0 Å². The molecule has 1 aromatic carbocycles. The Morgan fingerprint density at radius 1 is 1.16 bits per heavy atom. The molecule has 0 atom stereocenters. The summed E-state index contributed by atoms with van der Waals surface area (Å²) in [6.45, 7) is 3.06. The molecule has 0 aliphatic heterocycles. The lowest BCUT2D eigenvalue weighted by Crippen LogP contribution is -2.06. The molecule has 1 N–H and O–H groups in total. The van der Waals surface area contributed by atoms with E-state index in [0.717, 1.165) is 29.6 Å². The first-order valence-electron chi connectivity index (χ1n) is 6.76. The molecule has 0 unspecified atom stereocenters. The summed E-state index contributed by atoms with van der Waals surface area (Å²) in [6.07, 6.45) is 4.79. The molecule has 0 aliphatic rings. The molecule has 1 aromatic heterocycles. The molecule has 4 heteroatoms. The number of anilines is 1. The minimum absolute atomic E-state index is 0.370. The number of unbranched alkanes of at least 4 members (excludes halogenated alkanes) is 3. The highest BCUT2D eigenvalue weighted by atomic mass is 15.1. The minimum Gasteiger partial charge on any atom is -0.382 e. The van der Waals surface area contributed by atoms with Gasteiger partial charge in [-0.05, 0) is 12.5 Å². The third kappa shape index (κ3) is 3.19. The highest BCUT2D eigenvalue weighted by Crippen LogP contribution is 2.23. The van der Waals surface area contributed by atoms with Gasteiger partial charge >= 0.3 is 0 Å². The van der Waals surface area contributed by atoms with Gasteiger partial charge in [0.15, 0.2) is 5.69 Å². The second-order valence-corrected chi connectivity index (χ2v) is 4.54. The molecule has 0 aliphatic carbocycles. The Bertz CT molecular complexity index is 586. The van der Waals surface area contributed by atoms with Crippen LogP contribution >= 0.6 is 0 Å². The van der Waals surface area contributed by atoms with Crippen LogP contribution in [0.4, 0.5) is 5.69 Å². The Hall–Kier alpha value is -2.15. The molecule has 4 nitrogen and oxygen atoms in total. The SMILES string of the molecule is CCCCCCNc1c(C#N)nnc2ccccc12. The number of fused-ring (bicyclic) bond motifs is 1. The van der Waals surface area contributed by atoms with E-state index in [1.54, 1.807) is 0 Å². The predicted molar refractivity (Wildman–Crippen MR) is 76.9 cm³/mol. The van der Waals surface area contributed by atoms with Gasteiger partial charge < -0.3 is 5.32 Å². The van der Waals surface area contributed by atoms with Crippen molar-refractivity contribution >= 4 is 16.6 Å².